The molecule has 3 aliphatic heterocycles. The first-order chi connectivity index (χ1) is 21.2. The molecule has 8 unspecified atom stereocenters. The number of epoxide rings is 1. The predicted octanol–water partition coefficient (Wildman–Crippen LogP) is 3.28. The third-order valence-corrected chi connectivity index (χ3v) is 9.38. The highest BCUT2D eigenvalue weighted by Crippen LogP contribution is 2.49. The van der Waals surface area contributed by atoms with Crippen LogP contribution in [0.25, 0.3) is 0 Å². The molecule has 3 N–H and O–H groups in total. The fourth-order valence-corrected chi connectivity index (χ4v) is 6.28. The summed E-state index contributed by atoms with van der Waals surface area (Å²) in [6.07, 6.45) is 1.52. The van der Waals surface area contributed by atoms with Crippen LogP contribution in [0, 0.1) is 5.92 Å². The number of methoxy groups -OCH3 is 2. The highest BCUT2D eigenvalue weighted by Gasteiger charge is 2.64. The van der Waals surface area contributed by atoms with E-state index in [2.05, 4.69) is 10.6 Å². The van der Waals surface area contributed by atoms with E-state index in [4.69, 9.17) is 35.3 Å². The molecule has 1 aromatic rings. The van der Waals surface area contributed by atoms with Crippen LogP contribution in [0.3, 0.4) is 0 Å². The standard InChI is InChI=1S/C32H44ClN3O9/c1-17-10-9-11-24(42-8)32(40)16-23(43-30(39)35-32)18(2)28-31(4,45-28)25(44-29(38)19(3)34-5)15-26(37)36(6)21-13-20(12-17)14-22(41-7)27(21)33/h9-11,13-14,18-19,23-25,28,34,40H,12,15-16H2,1-8H3,(H,35,39). The number of esters is 1. The van der Waals surface area contributed by atoms with Crippen LogP contribution in [-0.2, 0) is 35.0 Å². The second kappa shape index (κ2) is 13.7. The summed E-state index contributed by atoms with van der Waals surface area (Å²) in [6, 6.07) is 2.99. The second-order valence-electron chi connectivity index (χ2n) is 12.2. The van der Waals surface area contributed by atoms with Crippen molar-refractivity contribution in [1.82, 2.24) is 10.6 Å². The largest absolute Gasteiger partial charge is 0.495 e. The van der Waals surface area contributed by atoms with Crippen LogP contribution in [0.5, 0.6) is 5.75 Å². The number of allylic oxidation sites excluding steroid dienone is 3. The summed E-state index contributed by atoms with van der Waals surface area (Å²) in [6.45, 7) is 7.17. The quantitative estimate of drug-likeness (QED) is 0.321. The van der Waals surface area contributed by atoms with Crippen molar-refractivity contribution in [2.24, 2.45) is 5.92 Å². The second-order valence-corrected chi connectivity index (χ2v) is 12.6. The Bertz CT molecular complexity index is 1370. The van der Waals surface area contributed by atoms with Gasteiger partial charge in [0.1, 0.15) is 40.7 Å². The van der Waals surface area contributed by atoms with Crippen molar-refractivity contribution in [3.05, 3.63) is 46.5 Å². The minimum Gasteiger partial charge on any atom is -0.495 e. The maximum Gasteiger partial charge on any atom is 0.409 e. The van der Waals surface area contributed by atoms with Crippen molar-refractivity contribution >= 4 is 35.3 Å². The first-order valence-electron chi connectivity index (χ1n) is 14.9. The minimum atomic E-state index is -1.78. The molecule has 0 saturated carbocycles. The summed E-state index contributed by atoms with van der Waals surface area (Å²) in [5.41, 5.74) is -0.646. The number of nitrogens with one attached hydrogen (secondary N) is 2. The van der Waals surface area contributed by atoms with Crippen LogP contribution in [0.4, 0.5) is 10.5 Å². The number of nitrogens with zero attached hydrogens (tertiary/aromatic N) is 1. The van der Waals surface area contributed by atoms with Gasteiger partial charge in [-0.25, -0.2) is 4.79 Å². The van der Waals surface area contributed by atoms with E-state index in [0.29, 0.717) is 17.9 Å². The molecule has 2 amide bonds. The lowest BCUT2D eigenvalue weighted by atomic mass is 9.83. The van der Waals surface area contributed by atoms with Gasteiger partial charge >= 0.3 is 12.1 Å². The van der Waals surface area contributed by atoms with Gasteiger partial charge in [-0.3, -0.25) is 14.9 Å². The molecule has 4 rings (SSSR count). The Morgan fingerprint density at radius 1 is 1.29 bits per heavy atom. The molecule has 12 nitrogen and oxygen atoms in total. The average Bonchev–Trinajstić information content (AvgIpc) is 3.69. The summed E-state index contributed by atoms with van der Waals surface area (Å²) in [5.74, 6) is -0.974. The first kappa shape index (κ1) is 34.7. The lowest BCUT2D eigenvalue weighted by Gasteiger charge is -2.42. The number of alkyl carbamates (subject to hydrolysis) is 1. The van der Waals surface area contributed by atoms with Gasteiger partial charge in [-0.05, 0) is 51.9 Å². The molecule has 0 aliphatic carbocycles. The van der Waals surface area contributed by atoms with Gasteiger partial charge in [0.15, 0.2) is 5.72 Å². The van der Waals surface area contributed by atoms with Crippen molar-refractivity contribution in [1.29, 1.82) is 0 Å². The van der Waals surface area contributed by atoms with Crippen molar-refractivity contribution < 1.29 is 43.2 Å². The number of carbonyl (C=O) groups excluding carboxylic acids is 3. The zero-order valence-corrected chi connectivity index (χ0v) is 27.8. The number of likely N-dealkylation sites (N-methyl/N-ethyl adjacent to an activating group) is 1. The number of halogens is 1. The van der Waals surface area contributed by atoms with E-state index >= 15 is 0 Å². The Balaban J connectivity index is 1.80. The lowest BCUT2D eigenvalue weighted by molar-refractivity contribution is -0.155. The third kappa shape index (κ3) is 7.30. The number of amides is 2. The molecule has 1 aromatic carbocycles. The molecule has 4 bridgehead atoms. The summed E-state index contributed by atoms with van der Waals surface area (Å²) in [4.78, 5) is 40.9. The Morgan fingerprint density at radius 3 is 2.64 bits per heavy atom. The Hall–Kier alpha value is -3.16. The molecule has 0 radical (unpaired) electrons. The molecule has 0 spiro atoms. The Labute approximate surface area is 269 Å². The number of rotatable bonds is 5. The van der Waals surface area contributed by atoms with E-state index in [0.717, 1.165) is 11.1 Å². The number of benzene rings is 1. The number of ether oxygens (including phenoxy) is 5. The fourth-order valence-electron chi connectivity index (χ4n) is 5.97. The van der Waals surface area contributed by atoms with Gasteiger partial charge in [-0.2, -0.15) is 0 Å². The molecule has 13 heteroatoms. The van der Waals surface area contributed by atoms with Gasteiger partial charge in [0.25, 0.3) is 0 Å². The van der Waals surface area contributed by atoms with Crippen LogP contribution >= 0.6 is 11.6 Å². The number of fused-ring (bicyclic) bond motifs is 5. The zero-order chi connectivity index (χ0) is 33.3. The smallest absolute Gasteiger partial charge is 0.409 e. The van der Waals surface area contributed by atoms with Crippen LogP contribution in [-0.4, -0.2) is 93.2 Å². The minimum absolute atomic E-state index is 0.00553. The van der Waals surface area contributed by atoms with Gasteiger partial charge in [0.05, 0.1) is 25.3 Å². The fraction of sp³-hybridized carbons (Fsp3) is 0.594. The number of anilines is 1. The van der Waals surface area contributed by atoms with E-state index < -0.39 is 59.8 Å². The number of hydrogen-bond donors (Lipinski definition) is 3. The predicted molar refractivity (Wildman–Crippen MR) is 167 cm³/mol. The third-order valence-electron chi connectivity index (χ3n) is 9.00. The van der Waals surface area contributed by atoms with Crippen LogP contribution in [0.1, 0.15) is 46.1 Å². The summed E-state index contributed by atoms with van der Waals surface area (Å²) in [7, 11) is 6.18. The topological polar surface area (TPSA) is 148 Å². The molecule has 248 valence electrons. The number of aliphatic hydroxyl groups is 1. The Morgan fingerprint density at radius 2 is 2.00 bits per heavy atom. The Kier molecular flexibility index (Phi) is 10.6. The van der Waals surface area contributed by atoms with Crippen molar-refractivity contribution in [2.45, 2.75) is 88.7 Å². The molecule has 0 aromatic heterocycles. The van der Waals surface area contributed by atoms with Gasteiger partial charge in [0, 0.05) is 26.5 Å². The molecular weight excluding hydrogens is 606 g/mol. The molecule has 8 atom stereocenters. The van der Waals surface area contributed by atoms with Gasteiger partial charge < -0.3 is 39.0 Å². The average molecular weight is 650 g/mol. The van der Waals surface area contributed by atoms with E-state index in [9.17, 15) is 19.5 Å². The van der Waals surface area contributed by atoms with E-state index in [1.807, 2.05) is 26.0 Å². The number of carbonyl (C=O) groups is 3. The molecule has 45 heavy (non-hydrogen) atoms. The molecular formula is C32H44ClN3O9. The lowest BCUT2D eigenvalue weighted by Crippen LogP contribution is -2.63. The maximum atomic E-state index is 13.8. The summed E-state index contributed by atoms with van der Waals surface area (Å²) >= 11 is 6.69. The SMILES string of the molecule is CNC(C)C(=O)OC1CC(=O)N(C)c2cc(cc(OC)c2Cl)CC(C)=CC=CC(OC)C2(O)CC(OC(=O)N2)C(C)C2OC12C. The normalized spacial score (nSPS) is 32.9. The van der Waals surface area contributed by atoms with Crippen molar-refractivity contribution in [3.8, 4) is 5.75 Å². The van der Waals surface area contributed by atoms with Crippen LogP contribution in [0.2, 0.25) is 5.02 Å². The summed E-state index contributed by atoms with van der Waals surface area (Å²) < 4.78 is 28.8. The van der Waals surface area contributed by atoms with Crippen molar-refractivity contribution in [2.75, 3.05) is 33.2 Å². The van der Waals surface area contributed by atoms with Gasteiger partial charge in [-0.1, -0.05) is 42.3 Å². The molecule has 2 saturated heterocycles. The highest BCUT2D eigenvalue weighted by molar-refractivity contribution is 6.35. The van der Waals surface area contributed by atoms with Crippen molar-refractivity contribution in [3.63, 3.8) is 0 Å². The highest BCUT2D eigenvalue weighted by atomic mass is 35.5. The van der Waals surface area contributed by atoms with E-state index in [1.165, 1.54) is 19.1 Å². The zero-order valence-electron chi connectivity index (χ0n) is 27.0. The molecule has 3 heterocycles. The van der Waals surface area contributed by atoms with Crippen LogP contribution < -0.4 is 20.3 Å². The number of hydrogen-bond acceptors (Lipinski definition) is 10. The van der Waals surface area contributed by atoms with E-state index in [-0.39, 0.29) is 23.8 Å². The van der Waals surface area contributed by atoms with Gasteiger partial charge in [-0.15, -0.1) is 0 Å². The van der Waals surface area contributed by atoms with Gasteiger partial charge in [0.2, 0.25) is 5.91 Å². The van der Waals surface area contributed by atoms with Crippen LogP contribution in [0.15, 0.2) is 35.9 Å². The first-order valence-corrected chi connectivity index (χ1v) is 15.3. The monoisotopic (exact) mass is 649 g/mol. The summed E-state index contributed by atoms with van der Waals surface area (Å²) in [5, 5.41) is 17.2. The van der Waals surface area contributed by atoms with E-state index in [1.54, 1.807) is 46.2 Å². The molecule has 3 aliphatic rings. The maximum absolute atomic E-state index is 13.8. The molecule has 2 fully saturated rings.